The molecule has 0 saturated heterocycles. The van der Waals surface area contributed by atoms with Crippen LogP contribution in [0.25, 0.3) is 0 Å². The molecule has 1 aromatic carbocycles. The van der Waals surface area contributed by atoms with Crippen molar-refractivity contribution in [2.75, 3.05) is 6.54 Å². The number of hydrogen-bond donors (Lipinski definition) is 2. The molecule has 23 heavy (non-hydrogen) atoms. The summed E-state index contributed by atoms with van der Waals surface area (Å²) in [6.07, 6.45) is 0.905. The van der Waals surface area contributed by atoms with Crippen LogP contribution < -0.4 is 15.2 Å². The summed E-state index contributed by atoms with van der Waals surface area (Å²) in [5, 5.41) is 0. The Balaban J connectivity index is 0.00000484. The van der Waals surface area contributed by atoms with Crippen molar-refractivity contribution >= 4 is 22.4 Å². The van der Waals surface area contributed by atoms with E-state index in [4.69, 9.17) is 5.73 Å². The van der Waals surface area contributed by atoms with Crippen molar-refractivity contribution in [3.63, 3.8) is 0 Å². The number of ether oxygens (including phenoxy) is 1. The van der Waals surface area contributed by atoms with Crippen molar-refractivity contribution in [2.45, 2.75) is 43.7 Å². The molecule has 134 valence electrons. The van der Waals surface area contributed by atoms with Gasteiger partial charge < -0.3 is 10.5 Å². The van der Waals surface area contributed by atoms with Gasteiger partial charge in [0, 0.05) is 12.1 Å². The third-order valence-corrected chi connectivity index (χ3v) is 5.10. The molecule has 0 heterocycles. The molecule has 0 atom stereocenters. The minimum atomic E-state index is -4.04. The SMILES string of the molecule is CCC(CC)(CN)NS(=O)(=O)c1ccc(OC(F)F)c(F)c1.Cl. The van der Waals surface area contributed by atoms with Gasteiger partial charge in [0.2, 0.25) is 10.0 Å². The molecule has 0 radical (unpaired) electrons. The number of halogens is 4. The van der Waals surface area contributed by atoms with E-state index >= 15 is 0 Å². The summed E-state index contributed by atoms with van der Waals surface area (Å²) >= 11 is 0. The number of hydrogen-bond acceptors (Lipinski definition) is 4. The van der Waals surface area contributed by atoms with Crippen molar-refractivity contribution < 1.29 is 26.3 Å². The first-order valence-corrected chi connectivity index (χ1v) is 8.16. The molecule has 0 fully saturated rings. The fourth-order valence-corrected chi connectivity index (χ4v) is 3.47. The second-order valence-electron chi connectivity index (χ2n) is 4.77. The topological polar surface area (TPSA) is 81.4 Å². The predicted molar refractivity (Wildman–Crippen MR) is 83.0 cm³/mol. The lowest BCUT2D eigenvalue weighted by Crippen LogP contribution is -2.52. The van der Waals surface area contributed by atoms with Gasteiger partial charge in [-0.1, -0.05) is 13.8 Å². The maximum absolute atomic E-state index is 13.6. The van der Waals surface area contributed by atoms with Gasteiger partial charge in [-0.3, -0.25) is 0 Å². The highest BCUT2D eigenvalue weighted by Crippen LogP contribution is 2.24. The number of benzene rings is 1. The highest BCUT2D eigenvalue weighted by Gasteiger charge is 2.31. The normalized spacial score (nSPS) is 12.1. The van der Waals surface area contributed by atoms with E-state index in [2.05, 4.69) is 9.46 Å². The first-order valence-electron chi connectivity index (χ1n) is 6.68. The van der Waals surface area contributed by atoms with Gasteiger partial charge in [0.05, 0.1) is 4.90 Å². The van der Waals surface area contributed by atoms with E-state index in [1.807, 2.05) is 0 Å². The van der Waals surface area contributed by atoms with E-state index in [1.165, 1.54) is 0 Å². The monoisotopic (exact) mass is 376 g/mol. The summed E-state index contributed by atoms with van der Waals surface area (Å²) in [6.45, 7) is 0.437. The second-order valence-corrected chi connectivity index (χ2v) is 6.45. The van der Waals surface area contributed by atoms with Crippen LogP contribution in [0.1, 0.15) is 26.7 Å². The van der Waals surface area contributed by atoms with E-state index in [9.17, 15) is 21.6 Å². The summed E-state index contributed by atoms with van der Waals surface area (Å²) in [5.41, 5.74) is 4.78. The molecule has 5 nitrogen and oxygen atoms in total. The standard InChI is InChI=1S/C13H19F3N2O3S.ClH/c1-3-13(4-2,8-17)18-22(19,20)9-5-6-11(10(14)7-9)21-12(15)16;/h5-7,12,18H,3-4,8,17H2,1-2H3;1H. The Bertz CT molecular complexity index is 602. The smallest absolute Gasteiger partial charge is 0.387 e. The van der Waals surface area contributed by atoms with E-state index in [0.717, 1.165) is 12.1 Å². The third-order valence-electron chi connectivity index (χ3n) is 3.52. The van der Waals surface area contributed by atoms with Crippen LogP contribution in [0, 0.1) is 5.82 Å². The largest absolute Gasteiger partial charge is 0.432 e. The van der Waals surface area contributed by atoms with Crippen molar-refractivity contribution in [3.8, 4) is 5.75 Å². The number of rotatable bonds is 8. The molecule has 10 heteroatoms. The minimum Gasteiger partial charge on any atom is -0.432 e. The lowest BCUT2D eigenvalue weighted by atomic mass is 9.95. The van der Waals surface area contributed by atoms with E-state index in [0.29, 0.717) is 18.9 Å². The molecule has 0 saturated carbocycles. The molecule has 0 spiro atoms. The van der Waals surface area contributed by atoms with E-state index in [-0.39, 0.29) is 23.8 Å². The van der Waals surface area contributed by atoms with Crippen LogP contribution >= 0.6 is 12.4 Å². The van der Waals surface area contributed by atoms with E-state index in [1.54, 1.807) is 13.8 Å². The molecular weight excluding hydrogens is 357 g/mol. The molecule has 0 aliphatic carbocycles. The van der Waals surface area contributed by atoms with Gasteiger partial charge in [0.15, 0.2) is 11.6 Å². The molecule has 0 aromatic heterocycles. The Hall–Kier alpha value is -1.03. The summed E-state index contributed by atoms with van der Waals surface area (Å²) < 4.78 is 68.7. The summed E-state index contributed by atoms with van der Waals surface area (Å²) in [5.74, 6) is -1.90. The van der Waals surface area contributed by atoms with Crippen LogP contribution in [-0.2, 0) is 10.0 Å². The second kappa shape index (κ2) is 8.72. The molecule has 0 aliphatic rings. The van der Waals surface area contributed by atoms with Crippen molar-refractivity contribution in [1.29, 1.82) is 0 Å². The molecule has 0 amide bonds. The number of nitrogens with one attached hydrogen (secondary N) is 1. The van der Waals surface area contributed by atoms with Crippen molar-refractivity contribution in [2.24, 2.45) is 5.73 Å². The van der Waals surface area contributed by atoms with Crippen LogP contribution in [0.5, 0.6) is 5.75 Å². The average Bonchev–Trinajstić information content (AvgIpc) is 2.46. The van der Waals surface area contributed by atoms with Crippen molar-refractivity contribution in [3.05, 3.63) is 24.0 Å². The summed E-state index contributed by atoms with van der Waals surface area (Å²) in [7, 11) is -4.04. The van der Waals surface area contributed by atoms with Crippen LogP contribution in [0.15, 0.2) is 23.1 Å². The first kappa shape index (κ1) is 22.0. The minimum absolute atomic E-state index is 0. The first-order chi connectivity index (χ1) is 10.2. The highest BCUT2D eigenvalue weighted by atomic mass is 35.5. The molecule has 1 rings (SSSR count). The Labute approximate surface area is 139 Å². The number of nitrogens with two attached hydrogens (primary N) is 1. The fraction of sp³-hybridized carbons (Fsp3) is 0.538. The van der Waals surface area contributed by atoms with Crippen molar-refractivity contribution in [1.82, 2.24) is 4.72 Å². The maximum Gasteiger partial charge on any atom is 0.387 e. The highest BCUT2D eigenvalue weighted by molar-refractivity contribution is 7.89. The molecule has 3 N–H and O–H groups in total. The molecule has 0 bridgehead atoms. The zero-order valence-corrected chi connectivity index (χ0v) is 14.3. The number of sulfonamides is 1. The average molecular weight is 377 g/mol. The van der Waals surface area contributed by atoms with Crippen LogP contribution in [0.3, 0.4) is 0 Å². The lowest BCUT2D eigenvalue weighted by Gasteiger charge is -2.31. The Morgan fingerprint density at radius 2 is 1.87 bits per heavy atom. The fourth-order valence-electron chi connectivity index (χ4n) is 1.91. The van der Waals surface area contributed by atoms with Crippen LogP contribution in [0.2, 0.25) is 0 Å². The van der Waals surface area contributed by atoms with Gasteiger partial charge in [-0.2, -0.15) is 8.78 Å². The van der Waals surface area contributed by atoms with Gasteiger partial charge in [-0.15, -0.1) is 12.4 Å². The molecular formula is C13H20ClF3N2O3S. The quantitative estimate of drug-likeness (QED) is 0.730. The summed E-state index contributed by atoms with van der Waals surface area (Å²) in [6, 6.07) is 2.47. The maximum atomic E-state index is 13.6. The Morgan fingerprint density at radius 1 is 1.30 bits per heavy atom. The third kappa shape index (κ3) is 5.52. The Morgan fingerprint density at radius 3 is 2.26 bits per heavy atom. The van der Waals surface area contributed by atoms with Gasteiger partial charge in [-0.05, 0) is 31.0 Å². The lowest BCUT2D eigenvalue weighted by molar-refractivity contribution is -0.0522. The zero-order valence-electron chi connectivity index (χ0n) is 12.7. The molecule has 0 unspecified atom stereocenters. The zero-order chi connectivity index (χ0) is 17.0. The predicted octanol–water partition coefficient (Wildman–Crippen LogP) is 2.64. The van der Waals surface area contributed by atoms with Gasteiger partial charge in [0.1, 0.15) is 0 Å². The molecule has 0 aliphatic heterocycles. The van der Waals surface area contributed by atoms with Crippen LogP contribution in [-0.4, -0.2) is 27.1 Å². The van der Waals surface area contributed by atoms with Crippen LogP contribution in [0.4, 0.5) is 13.2 Å². The summed E-state index contributed by atoms with van der Waals surface area (Å²) in [4.78, 5) is -0.383. The van der Waals surface area contributed by atoms with Gasteiger partial charge in [-0.25, -0.2) is 17.5 Å². The van der Waals surface area contributed by atoms with Gasteiger partial charge >= 0.3 is 6.61 Å². The number of alkyl halides is 2. The van der Waals surface area contributed by atoms with Gasteiger partial charge in [0.25, 0.3) is 0 Å². The Kier molecular flexibility index (Phi) is 8.33. The molecule has 1 aromatic rings. The van der Waals surface area contributed by atoms with E-state index < -0.39 is 33.7 Å².